The molecule has 0 unspecified atom stereocenters. The van der Waals surface area contributed by atoms with E-state index in [4.69, 9.17) is 0 Å². The number of aryl methyl sites for hydroxylation is 1. The van der Waals surface area contributed by atoms with Gasteiger partial charge in [0.25, 0.3) is 0 Å². The Morgan fingerprint density at radius 3 is 2.80 bits per heavy atom. The molecule has 0 aromatic carbocycles. The number of hydrogen-bond acceptors (Lipinski definition) is 5. The van der Waals surface area contributed by atoms with Crippen LogP contribution in [-0.2, 0) is 30.0 Å². The molecule has 0 atom stereocenters. The Morgan fingerprint density at radius 2 is 2.15 bits per heavy atom. The van der Waals surface area contributed by atoms with Gasteiger partial charge in [-0.2, -0.15) is 5.10 Å². The number of likely N-dealkylation sites (N-methyl/N-ethyl adjacent to an activating group) is 1. The van der Waals surface area contributed by atoms with Crippen molar-refractivity contribution in [1.29, 1.82) is 0 Å². The molecule has 2 rings (SSSR count). The molecule has 8 heteroatoms. The lowest BCUT2D eigenvalue weighted by molar-refractivity contribution is 0.579. The smallest absolute Gasteiger partial charge is 0.250 e. The Hall–Kier alpha value is -1.22. The SMILES string of the molecule is CNCCc1ccc(S(=O)(=O)NCc2ccnn2C)s1. The van der Waals surface area contributed by atoms with Crippen LogP contribution < -0.4 is 10.0 Å². The van der Waals surface area contributed by atoms with E-state index in [1.165, 1.54) is 11.3 Å². The zero-order valence-corrected chi connectivity index (χ0v) is 13.1. The van der Waals surface area contributed by atoms with E-state index in [1.807, 2.05) is 13.1 Å². The maximum absolute atomic E-state index is 12.2. The first kappa shape index (κ1) is 15.2. The second kappa shape index (κ2) is 6.49. The number of sulfonamides is 1. The third kappa shape index (κ3) is 3.66. The summed E-state index contributed by atoms with van der Waals surface area (Å²) in [7, 11) is 0.208. The zero-order valence-electron chi connectivity index (χ0n) is 11.5. The Morgan fingerprint density at radius 1 is 1.35 bits per heavy atom. The summed E-state index contributed by atoms with van der Waals surface area (Å²) in [6.45, 7) is 1.07. The van der Waals surface area contributed by atoms with Gasteiger partial charge in [-0.05, 0) is 38.2 Å². The van der Waals surface area contributed by atoms with Gasteiger partial charge in [0.1, 0.15) is 4.21 Å². The van der Waals surface area contributed by atoms with E-state index >= 15 is 0 Å². The third-order valence-corrected chi connectivity index (χ3v) is 5.93. The van der Waals surface area contributed by atoms with Gasteiger partial charge in [-0.1, -0.05) is 0 Å². The van der Waals surface area contributed by atoms with Gasteiger partial charge in [0.2, 0.25) is 10.0 Å². The predicted octanol–water partition coefficient (Wildman–Crippen LogP) is 0.722. The maximum Gasteiger partial charge on any atom is 0.250 e. The minimum Gasteiger partial charge on any atom is -0.319 e. The molecule has 0 saturated carbocycles. The van der Waals surface area contributed by atoms with Gasteiger partial charge < -0.3 is 5.32 Å². The quantitative estimate of drug-likeness (QED) is 0.790. The summed E-state index contributed by atoms with van der Waals surface area (Å²) >= 11 is 1.31. The van der Waals surface area contributed by atoms with Crippen molar-refractivity contribution in [3.63, 3.8) is 0 Å². The largest absolute Gasteiger partial charge is 0.319 e. The summed E-state index contributed by atoms with van der Waals surface area (Å²) in [5.41, 5.74) is 0.820. The van der Waals surface area contributed by atoms with Crippen LogP contribution in [0.3, 0.4) is 0 Å². The van der Waals surface area contributed by atoms with Crippen LogP contribution in [-0.4, -0.2) is 31.8 Å². The molecule has 2 N–H and O–H groups in total. The number of hydrogen-bond donors (Lipinski definition) is 2. The van der Waals surface area contributed by atoms with Crippen LogP contribution in [0.4, 0.5) is 0 Å². The van der Waals surface area contributed by atoms with Crippen LogP contribution in [0.2, 0.25) is 0 Å². The van der Waals surface area contributed by atoms with E-state index in [9.17, 15) is 8.42 Å². The topological polar surface area (TPSA) is 76.0 Å². The summed E-state index contributed by atoms with van der Waals surface area (Å²) in [6, 6.07) is 5.30. The van der Waals surface area contributed by atoms with Crippen molar-refractivity contribution in [2.24, 2.45) is 7.05 Å². The van der Waals surface area contributed by atoms with Gasteiger partial charge in [-0.3, -0.25) is 4.68 Å². The number of rotatable bonds is 7. The molecular formula is C12H18N4O2S2. The van der Waals surface area contributed by atoms with E-state index in [2.05, 4.69) is 15.1 Å². The second-order valence-corrected chi connectivity index (χ2v) is 7.51. The molecule has 0 aliphatic heterocycles. The van der Waals surface area contributed by atoms with Crippen LogP contribution >= 0.6 is 11.3 Å². The fraction of sp³-hybridized carbons (Fsp3) is 0.417. The predicted molar refractivity (Wildman–Crippen MR) is 79.2 cm³/mol. The fourth-order valence-electron chi connectivity index (χ4n) is 1.70. The summed E-state index contributed by atoms with van der Waals surface area (Å²) in [5.74, 6) is 0. The van der Waals surface area contributed by atoms with E-state index in [-0.39, 0.29) is 6.54 Å². The van der Waals surface area contributed by atoms with Crippen LogP contribution in [0.5, 0.6) is 0 Å². The highest BCUT2D eigenvalue weighted by molar-refractivity contribution is 7.91. The van der Waals surface area contributed by atoms with E-state index in [0.29, 0.717) is 4.21 Å². The van der Waals surface area contributed by atoms with Gasteiger partial charge in [0.05, 0.1) is 12.2 Å². The molecule has 20 heavy (non-hydrogen) atoms. The minimum atomic E-state index is -3.45. The minimum absolute atomic E-state index is 0.239. The van der Waals surface area contributed by atoms with Crippen LogP contribution in [0.25, 0.3) is 0 Å². The summed E-state index contributed by atoms with van der Waals surface area (Å²) in [6.07, 6.45) is 2.48. The van der Waals surface area contributed by atoms with E-state index < -0.39 is 10.0 Å². The van der Waals surface area contributed by atoms with Crippen molar-refractivity contribution < 1.29 is 8.42 Å². The molecule has 0 fully saturated rings. The number of aromatic nitrogens is 2. The van der Waals surface area contributed by atoms with Crippen molar-refractivity contribution in [3.05, 3.63) is 35.0 Å². The summed E-state index contributed by atoms with van der Waals surface area (Å²) < 4.78 is 29.0. The second-order valence-electron chi connectivity index (χ2n) is 4.35. The zero-order chi connectivity index (χ0) is 14.6. The molecule has 0 bridgehead atoms. The van der Waals surface area contributed by atoms with Crippen molar-refractivity contribution in [3.8, 4) is 0 Å². The first-order valence-electron chi connectivity index (χ1n) is 6.23. The molecule has 0 saturated heterocycles. The molecule has 2 aromatic heterocycles. The molecule has 0 spiro atoms. The van der Waals surface area contributed by atoms with Crippen molar-refractivity contribution in [2.45, 2.75) is 17.2 Å². The van der Waals surface area contributed by atoms with Crippen LogP contribution in [0.1, 0.15) is 10.6 Å². The highest BCUT2D eigenvalue weighted by atomic mass is 32.2. The Balaban J connectivity index is 2.03. The lowest BCUT2D eigenvalue weighted by atomic mass is 10.3. The van der Waals surface area contributed by atoms with Gasteiger partial charge >= 0.3 is 0 Å². The first-order chi connectivity index (χ1) is 9.53. The first-order valence-corrected chi connectivity index (χ1v) is 8.53. The molecule has 2 aromatic rings. The van der Waals surface area contributed by atoms with E-state index in [0.717, 1.165) is 23.5 Å². The Bertz CT molecular complexity index is 661. The van der Waals surface area contributed by atoms with E-state index in [1.54, 1.807) is 30.1 Å². The molecule has 6 nitrogen and oxygen atoms in total. The maximum atomic E-state index is 12.2. The van der Waals surface area contributed by atoms with Gasteiger partial charge in [-0.25, -0.2) is 13.1 Å². The highest BCUT2D eigenvalue weighted by Crippen LogP contribution is 2.21. The normalized spacial score (nSPS) is 11.9. The fourth-order valence-corrected chi connectivity index (χ4v) is 4.10. The van der Waals surface area contributed by atoms with Crippen LogP contribution in [0, 0.1) is 0 Å². The number of thiophene rings is 1. The number of nitrogens with zero attached hydrogens (tertiary/aromatic N) is 2. The average Bonchev–Trinajstić information content (AvgIpc) is 3.03. The van der Waals surface area contributed by atoms with Crippen molar-refractivity contribution >= 4 is 21.4 Å². The van der Waals surface area contributed by atoms with Crippen molar-refractivity contribution in [1.82, 2.24) is 19.8 Å². The summed E-state index contributed by atoms with van der Waals surface area (Å²) in [4.78, 5) is 1.06. The molecule has 0 radical (unpaired) electrons. The number of nitrogens with one attached hydrogen (secondary N) is 2. The standard InChI is InChI=1S/C12H18N4O2S2/c1-13-7-6-11-3-4-12(19-11)20(17,18)15-9-10-5-8-14-16(10)2/h3-5,8,13,15H,6-7,9H2,1-2H3. The Labute approximate surface area is 122 Å². The molecule has 0 amide bonds. The monoisotopic (exact) mass is 314 g/mol. The lowest BCUT2D eigenvalue weighted by Gasteiger charge is -2.05. The van der Waals surface area contributed by atoms with Gasteiger partial charge in [-0.15, -0.1) is 11.3 Å². The van der Waals surface area contributed by atoms with Gasteiger partial charge in [0.15, 0.2) is 0 Å². The molecule has 110 valence electrons. The van der Waals surface area contributed by atoms with Crippen LogP contribution in [0.15, 0.2) is 28.6 Å². The lowest BCUT2D eigenvalue weighted by Crippen LogP contribution is -2.23. The van der Waals surface area contributed by atoms with Crippen molar-refractivity contribution in [2.75, 3.05) is 13.6 Å². The average molecular weight is 314 g/mol. The highest BCUT2D eigenvalue weighted by Gasteiger charge is 2.17. The third-order valence-electron chi connectivity index (χ3n) is 2.89. The van der Waals surface area contributed by atoms with Gasteiger partial charge in [0, 0.05) is 18.1 Å². The molecule has 0 aliphatic carbocycles. The summed E-state index contributed by atoms with van der Waals surface area (Å²) in [5, 5.41) is 7.05. The molecule has 2 heterocycles. The molecular weight excluding hydrogens is 296 g/mol. The Kier molecular flexibility index (Phi) is 4.92. The molecule has 0 aliphatic rings.